The zero-order valence-electron chi connectivity index (χ0n) is 10.8. The van der Waals surface area contributed by atoms with E-state index < -0.39 is 0 Å². The van der Waals surface area contributed by atoms with E-state index in [1.165, 1.54) is 6.42 Å². The summed E-state index contributed by atoms with van der Waals surface area (Å²) in [6.07, 6.45) is 7.20. The number of imidazole rings is 1. The topological polar surface area (TPSA) is 92.0 Å². The normalized spacial score (nSPS) is 17.4. The predicted octanol–water partition coefficient (Wildman–Crippen LogP) is 1.04. The zero-order chi connectivity index (χ0) is 13.2. The molecule has 2 aromatic rings. The van der Waals surface area contributed by atoms with E-state index in [-0.39, 0.29) is 6.04 Å². The van der Waals surface area contributed by atoms with Gasteiger partial charge in [-0.15, -0.1) is 0 Å². The first-order chi connectivity index (χ1) is 9.24. The molecule has 2 N–H and O–H groups in total. The van der Waals surface area contributed by atoms with Gasteiger partial charge in [0.2, 0.25) is 0 Å². The van der Waals surface area contributed by atoms with Gasteiger partial charge in [0.05, 0.1) is 31.3 Å². The van der Waals surface area contributed by atoms with Crippen LogP contribution >= 0.6 is 0 Å². The molecule has 7 nitrogen and oxygen atoms in total. The van der Waals surface area contributed by atoms with E-state index in [1.54, 1.807) is 12.5 Å². The lowest BCUT2D eigenvalue weighted by atomic mass is 9.96. The molecule has 1 fully saturated rings. The number of nitrogens with zero attached hydrogens (tertiary/aromatic N) is 4. The Morgan fingerprint density at radius 3 is 3.05 bits per heavy atom. The second kappa shape index (κ2) is 5.10. The van der Waals surface area contributed by atoms with Gasteiger partial charge < -0.3 is 19.6 Å². The van der Waals surface area contributed by atoms with E-state index >= 15 is 0 Å². The number of aryl methyl sites for hydroxylation is 1. The molecule has 19 heavy (non-hydrogen) atoms. The van der Waals surface area contributed by atoms with Crippen molar-refractivity contribution in [2.24, 2.45) is 12.8 Å². The van der Waals surface area contributed by atoms with E-state index in [1.807, 2.05) is 11.6 Å². The number of rotatable bonds is 5. The molecule has 1 aliphatic carbocycles. The highest BCUT2D eigenvalue weighted by molar-refractivity contribution is 5.45. The lowest BCUT2D eigenvalue weighted by Gasteiger charge is -2.26. The maximum atomic E-state index is 5.99. The van der Waals surface area contributed by atoms with Crippen LogP contribution in [-0.2, 0) is 11.8 Å². The van der Waals surface area contributed by atoms with Gasteiger partial charge in [-0.05, 0) is 19.3 Å². The molecule has 1 aliphatic rings. The molecule has 7 heteroatoms. The predicted molar refractivity (Wildman–Crippen MR) is 67.0 cm³/mol. The van der Waals surface area contributed by atoms with Crippen LogP contribution < -0.4 is 5.73 Å². The van der Waals surface area contributed by atoms with Crippen molar-refractivity contribution in [2.75, 3.05) is 6.61 Å². The first-order valence-electron chi connectivity index (χ1n) is 6.41. The molecule has 0 amide bonds. The van der Waals surface area contributed by atoms with Crippen molar-refractivity contribution in [1.29, 1.82) is 0 Å². The third-order valence-electron chi connectivity index (χ3n) is 3.37. The number of ether oxygens (including phenoxy) is 1. The molecule has 102 valence electrons. The van der Waals surface area contributed by atoms with Crippen LogP contribution in [0.5, 0.6) is 0 Å². The molecule has 1 atom stereocenters. The zero-order valence-corrected chi connectivity index (χ0v) is 10.8. The van der Waals surface area contributed by atoms with Crippen molar-refractivity contribution in [3.05, 3.63) is 18.3 Å². The number of hydrogen-bond donors (Lipinski definition) is 1. The minimum absolute atomic E-state index is 0.355. The molecule has 3 rings (SSSR count). The summed E-state index contributed by atoms with van der Waals surface area (Å²) < 4.78 is 12.7. The third kappa shape index (κ3) is 2.52. The molecule has 2 heterocycles. The van der Waals surface area contributed by atoms with E-state index in [0.29, 0.717) is 24.4 Å². The quantitative estimate of drug-likeness (QED) is 0.866. The first kappa shape index (κ1) is 12.3. The third-order valence-corrected chi connectivity index (χ3v) is 3.37. The van der Waals surface area contributed by atoms with Gasteiger partial charge in [0.1, 0.15) is 5.69 Å². The summed E-state index contributed by atoms with van der Waals surface area (Å²) in [6.45, 7) is 0.426. The van der Waals surface area contributed by atoms with Crippen LogP contribution in [0, 0.1) is 0 Å². The summed E-state index contributed by atoms with van der Waals surface area (Å²) in [5.41, 5.74) is 6.76. The van der Waals surface area contributed by atoms with Crippen molar-refractivity contribution in [3.8, 4) is 11.6 Å². The summed E-state index contributed by atoms with van der Waals surface area (Å²) in [7, 11) is 1.87. The monoisotopic (exact) mass is 263 g/mol. The van der Waals surface area contributed by atoms with Crippen molar-refractivity contribution < 1.29 is 9.26 Å². The fraction of sp³-hybridized carbons (Fsp3) is 0.583. The number of aromatic nitrogens is 4. The summed E-state index contributed by atoms with van der Waals surface area (Å²) in [6, 6.07) is -0.355. The van der Waals surface area contributed by atoms with Crippen LogP contribution in [0.4, 0.5) is 0 Å². The Balaban J connectivity index is 1.65. The van der Waals surface area contributed by atoms with Gasteiger partial charge in [0.15, 0.2) is 5.82 Å². The van der Waals surface area contributed by atoms with Crippen LogP contribution in [0.2, 0.25) is 0 Å². The SMILES string of the molecule is Cn1cncc1-c1nc(C(N)COC2CCC2)no1. The molecule has 1 unspecified atom stereocenters. The van der Waals surface area contributed by atoms with Gasteiger partial charge in [-0.1, -0.05) is 5.16 Å². The highest BCUT2D eigenvalue weighted by Gasteiger charge is 2.22. The summed E-state index contributed by atoms with van der Waals surface area (Å²) >= 11 is 0. The Bertz CT molecular complexity index is 546. The van der Waals surface area contributed by atoms with E-state index in [2.05, 4.69) is 15.1 Å². The Morgan fingerprint density at radius 1 is 1.58 bits per heavy atom. The lowest BCUT2D eigenvalue weighted by molar-refractivity contribution is -0.00549. The molecule has 1 saturated carbocycles. The molecule has 0 aliphatic heterocycles. The minimum Gasteiger partial charge on any atom is -0.376 e. The van der Waals surface area contributed by atoms with Crippen molar-refractivity contribution in [2.45, 2.75) is 31.4 Å². The average Bonchev–Trinajstić information content (AvgIpc) is 2.94. The van der Waals surface area contributed by atoms with Gasteiger partial charge >= 0.3 is 0 Å². The Kier molecular flexibility index (Phi) is 3.31. The Labute approximate surface area is 110 Å². The van der Waals surface area contributed by atoms with Crippen LogP contribution in [0.15, 0.2) is 17.0 Å². The molecule has 2 aromatic heterocycles. The largest absolute Gasteiger partial charge is 0.376 e. The second-order valence-corrected chi connectivity index (χ2v) is 4.84. The average molecular weight is 263 g/mol. The molecule has 0 spiro atoms. The van der Waals surface area contributed by atoms with Crippen LogP contribution in [0.3, 0.4) is 0 Å². The Morgan fingerprint density at radius 2 is 2.42 bits per heavy atom. The summed E-state index contributed by atoms with van der Waals surface area (Å²) in [4.78, 5) is 8.30. The number of hydrogen-bond acceptors (Lipinski definition) is 6. The van der Waals surface area contributed by atoms with E-state index in [9.17, 15) is 0 Å². The standard InChI is InChI=1S/C12H17N5O2/c1-17-7-14-5-10(17)12-15-11(16-19-12)9(13)6-18-8-3-2-4-8/h5,7-9H,2-4,6,13H2,1H3. The van der Waals surface area contributed by atoms with Gasteiger partial charge in [0, 0.05) is 7.05 Å². The fourth-order valence-electron chi connectivity index (χ4n) is 1.90. The van der Waals surface area contributed by atoms with Crippen molar-refractivity contribution >= 4 is 0 Å². The fourth-order valence-corrected chi connectivity index (χ4v) is 1.90. The van der Waals surface area contributed by atoms with Crippen molar-refractivity contribution in [1.82, 2.24) is 19.7 Å². The van der Waals surface area contributed by atoms with Crippen molar-refractivity contribution in [3.63, 3.8) is 0 Å². The molecular weight excluding hydrogens is 246 g/mol. The molecule has 0 radical (unpaired) electrons. The highest BCUT2D eigenvalue weighted by Crippen LogP contribution is 2.23. The summed E-state index contributed by atoms with van der Waals surface area (Å²) in [5, 5.41) is 3.90. The number of nitrogens with two attached hydrogens (primary N) is 1. The minimum atomic E-state index is -0.355. The van der Waals surface area contributed by atoms with Gasteiger partial charge in [-0.25, -0.2) is 4.98 Å². The summed E-state index contributed by atoms with van der Waals surface area (Å²) in [5.74, 6) is 0.893. The van der Waals surface area contributed by atoms with Gasteiger partial charge in [-0.3, -0.25) is 0 Å². The van der Waals surface area contributed by atoms with Crippen LogP contribution in [0.25, 0.3) is 11.6 Å². The van der Waals surface area contributed by atoms with E-state index in [0.717, 1.165) is 18.5 Å². The van der Waals surface area contributed by atoms with Crippen LogP contribution in [-0.4, -0.2) is 32.4 Å². The Hall–Kier alpha value is -1.73. The van der Waals surface area contributed by atoms with E-state index in [4.69, 9.17) is 15.0 Å². The van der Waals surface area contributed by atoms with Gasteiger partial charge in [-0.2, -0.15) is 4.98 Å². The first-order valence-corrected chi connectivity index (χ1v) is 6.41. The highest BCUT2D eigenvalue weighted by atomic mass is 16.5. The smallest absolute Gasteiger partial charge is 0.276 e. The molecule has 0 saturated heterocycles. The maximum absolute atomic E-state index is 5.99. The van der Waals surface area contributed by atoms with Crippen LogP contribution in [0.1, 0.15) is 31.1 Å². The maximum Gasteiger partial charge on any atom is 0.276 e. The molecule has 0 bridgehead atoms. The lowest BCUT2D eigenvalue weighted by Crippen LogP contribution is -2.27. The molecule has 0 aromatic carbocycles. The van der Waals surface area contributed by atoms with Gasteiger partial charge in [0.25, 0.3) is 5.89 Å². The second-order valence-electron chi connectivity index (χ2n) is 4.84. The molecular formula is C12H17N5O2.